The van der Waals surface area contributed by atoms with Crippen LogP contribution in [0.25, 0.3) is 10.8 Å². The standard InChI is InChI=1S/C30H34N2O3/c1-3-14-32-15-13-30(24-9-6-10-26(33)17-24)19-25(18-28(34)27(30)20-32)31(2)29(35)23-12-11-21-7-4-5-8-22(21)16-23/h3-12,16-17,25,27-28,33-34H,1,13-15,18-20H2,2H3/t25-,27+,28?,30+/m1/s1. The molecule has 1 heterocycles. The molecule has 2 aliphatic rings. The number of hydrogen-bond acceptors (Lipinski definition) is 4. The van der Waals surface area contributed by atoms with Gasteiger partial charge in [0.2, 0.25) is 0 Å². The maximum atomic E-state index is 13.6. The minimum Gasteiger partial charge on any atom is -0.508 e. The van der Waals surface area contributed by atoms with E-state index in [4.69, 9.17) is 0 Å². The molecule has 5 rings (SSSR count). The third-order valence-corrected chi connectivity index (χ3v) is 8.29. The molecule has 1 aliphatic heterocycles. The summed E-state index contributed by atoms with van der Waals surface area (Å²) in [5.74, 6) is 0.237. The van der Waals surface area contributed by atoms with Crippen molar-refractivity contribution < 1.29 is 15.0 Å². The minimum absolute atomic E-state index is 0.0263. The zero-order valence-corrected chi connectivity index (χ0v) is 20.3. The Labute approximate surface area is 207 Å². The number of amides is 1. The highest BCUT2D eigenvalue weighted by atomic mass is 16.3. The summed E-state index contributed by atoms with van der Waals surface area (Å²) in [5, 5.41) is 23.9. The molecule has 2 fully saturated rings. The number of likely N-dealkylation sites (tertiary alicyclic amines) is 1. The van der Waals surface area contributed by atoms with Crippen molar-refractivity contribution in [2.24, 2.45) is 5.92 Å². The summed E-state index contributed by atoms with van der Waals surface area (Å²) in [4.78, 5) is 17.7. The van der Waals surface area contributed by atoms with E-state index in [9.17, 15) is 15.0 Å². The van der Waals surface area contributed by atoms with Crippen LogP contribution in [-0.2, 0) is 5.41 Å². The van der Waals surface area contributed by atoms with Crippen molar-refractivity contribution in [2.45, 2.75) is 36.8 Å². The highest BCUT2D eigenvalue weighted by Crippen LogP contribution is 2.50. The van der Waals surface area contributed by atoms with Crippen molar-refractivity contribution in [1.82, 2.24) is 9.80 Å². The first-order valence-corrected chi connectivity index (χ1v) is 12.5. The van der Waals surface area contributed by atoms with E-state index in [-0.39, 0.29) is 29.0 Å². The van der Waals surface area contributed by atoms with Crippen LogP contribution < -0.4 is 0 Å². The molecule has 2 N–H and O–H groups in total. The zero-order chi connectivity index (χ0) is 24.6. The summed E-state index contributed by atoms with van der Waals surface area (Å²) < 4.78 is 0. The lowest BCUT2D eigenvalue weighted by Gasteiger charge is -2.56. The van der Waals surface area contributed by atoms with Gasteiger partial charge in [-0.15, -0.1) is 6.58 Å². The van der Waals surface area contributed by atoms with Gasteiger partial charge in [0.05, 0.1) is 6.10 Å². The average Bonchev–Trinajstić information content (AvgIpc) is 2.88. The van der Waals surface area contributed by atoms with E-state index in [1.165, 1.54) is 0 Å². The molecular formula is C30H34N2O3. The molecule has 3 aromatic rings. The van der Waals surface area contributed by atoms with E-state index in [1.807, 2.05) is 72.6 Å². The van der Waals surface area contributed by atoms with Crippen LogP contribution in [-0.4, -0.2) is 64.7 Å². The summed E-state index contributed by atoms with van der Waals surface area (Å²) in [7, 11) is 1.86. The van der Waals surface area contributed by atoms with Gasteiger partial charge in [0.15, 0.2) is 0 Å². The number of nitrogens with zero attached hydrogens (tertiary/aromatic N) is 2. The average molecular weight is 471 g/mol. The predicted molar refractivity (Wildman–Crippen MR) is 140 cm³/mol. The fourth-order valence-corrected chi connectivity index (χ4v) is 6.40. The number of aliphatic hydroxyl groups is 1. The van der Waals surface area contributed by atoms with Crippen LogP contribution in [0.1, 0.15) is 35.2 Å². The molecule has 1 amide bonds. The molecule has 35 heavy (non-hydrogen) atoms. The fraction of sp³-hybridized carbons (Fsp3) is 0.367. The van der Waals surface area contributed by atoms with Crippen molar-refractivity contribution >= 4 is 16.7 Å². The molecule has 0 aromatic heterocycles. The lowest BCUT2D eigenvalue weighted by atomic mass is 9.56. The van der Waals surface area contributed by atoms with E-state index in [1.54, 1.807) is 6.07 Å². The van der Waals surface area contributed by atoms with Crippen LogP contribution in [0.5, 0.6) is 5.75 Å². The number of aliphatic hydroxyl groups excluding tert-OH is 1. The van der Waals surface area contributed by atoms with E-state index in [2.05, 4.69) is 17.5 Å². The lowest BCUT2D eigenvalue weighted by Crippen LogP contribution is -2.61. The molecule has 0 spiro atoms. The highest BCUT2D eigenvalue weighted by Gasteiger charge is 2.52. The predicted octanol–water partition coefficient (Wildman–Crippen LogP) is 4.59. The third-order valence-electron chi connectivity index (χ3n) is 8.29. The molecular weight excluding hydrogens is 436 g/mol. The van der Waals surface area contributed by atoms with Gasteiger partial charge in [-0.2, -0.15) is 0 Å². The Morgan fingerprint density at radius 3 is 2.71 bits per heavy atom. The number of phenolic OH excluding ortho intramolecular Hbond substituents is 1. The van der Waals surface area contributed by atoms with Crippen LogP contribution in [0.15, 0.2) is 79.4 Å². The number of fused-ring (bicyclic) bond motifs is 2. The molecule has 1 aliphatic carbocycles. The van der Waals surface area contributed by atoms with E-state index >= 15 is 0 Å². The van der Waals surface area contributed by atoms with Crippen molar-refractivity contribution in [3.05, 3.63) is 90.5 Å². The zero-order valence-electron chi connectivity index (χ0n) is 20.3. The number of phenols is 1. The molecule has 3 aromatic carbocycles. The number of carbonyl (C=O) groups is 1. The van der Waals surface area contributed by atoms with E-state index in [0.717, 1.165) is 48.8 Å². The maximum absolute atomic E-state index is 13.6. The second kappa shape index (κ2) is 9.48. The Balaban J connectivity index is 1.46. The first-order chi connectivity index (χ1) is 16.9. The number of hydrogen-bond donors (Lipinski definition) is 2. The summed E-state index contributed by atoms with van der Waals surface area (Å²) in [6.07, 6.45) is 3.53. The second-order valence-electron chi connectivity index (χ2n) is 10.3. The SMILES string of the molecule is C=CCN1CC[C@@]2(c3cccc(O)c3)C[C@H](N(C)C(=O)c3ccc4ccccc4c3)CC(O)[C@@H]2C1. The molecule has 182 valence electrons. The van der Waals surface area contributed by atoms with Crippen molar-refractivity contribution in [2.75, 3.05) is 26.7 Å². The van der Waals surface area contributed by atoms with E-state index < -0.39 is 6.10 Å². The summed E-state index contributed by atoms with van der Waals surface area (Å²) in [6.45, 7) is 6.35. The monoisotopic (exact) mass is 470 g/mol. The van der Waals surface area contributed by atoms with Crippen LogP contribution in [0.2, 0.25) is 0 Å². The van der Waals surface area contributed by atoms with Gasteiger partial charge in [-0.3, -0.25) is 9.69 Å². The highest BCUT2D eigenvalue weighted by molar-refractivity contribution is 5.98. The number of aromatic hydroxyl groups is 1. The number of rotatable bonds is 5. The lowest BCUT2D eigenvalue weighted by molar-refractivity contribution is -0.0591. The van der Waals surface area contributed by atoms with Gasteiger partial charge in [0.25, 0.3) is 5.91 Å². The maximum Gasteiger partial charge on any atom is 0.253 e. The Morgan fingerprint density at radius 1 is 1.14 bits per heavy atom. The van der Waals surface area contributed by atoms with Gasteiger partial charge in [-0.1, -0.05) is 48.5 Å². The minimum atomic E-state index is -0.546. The van der Waals surface area contributed by atoms with E-state index in [0.29, 0.717) is 12.0 Å². The summed E-state index contributed by atoms with van der Waals surface area (Å²) in [6, 6.07) is 21.3. The quantitative estimate of drug-likeness (QED) is 0.536. The molecule has 5 nitrogen and oxygen atoms in total. The number of benzene rings is 3. The van der Waals surface area contributed by atoms with Crippen molar-refractivity contribution in [1.29, 1.82) is 0 Å². The smallest absolute Gasteiger partial charge is 0.253 e. The van der Waals surface area contributed by atoms with Crippen LogP contribution in [0.3, 0.4) is 0 Å². The molecule has 1 unspecified atom stereocenters. The van der Waals surface area contributed by atoms with Crippen molar-refractivity contribution in [3.8, 4) is 5.75 Å². The van der Waals surface area contributed by atoms with Gasteiger partial charge in [0, 0.05) is 43.1 Å². The Bertz CT molecular complexity index is 1240. The summed E-state index contributed by atoms with van der Waals surface area (Å²) >= 11 is 0. The van der Waals surface area contributed by atoms with Gasteiger partial charge in [-0.25, -0.2) is 0 Å². The first-order valence-electron chi connectivity index (χ1n) is 12.5. The van der Waals surface area contributed by atoms with Gasteiger partial charge in [0.1, 0.15) is 5.75 Å². The normalized spacial score (nSPS) is 26.7. The molecule has 4 atom stereocenters. The van der Waals surface area contributed by atoms with Crippen LogP contribution in [0, 0.1) is 5.92 Å². The molecule has 1 saturated carbocycles. The topological polar surface area (TPSA) is 64.0 Å². The molecule has 0 radical (unpaired) electrons. The largest absolute Gasteiger partial charge is 0.508 e. The Kier molecular flexibility index (Phi) is 6.39. The van der Waals surface area contributed by atoms with Crippen molar-refractivity contribution in [3.63, 3.8) is 0 Å². The molecule has 1 saturated heterocycles. The van der Waals surface area contributed by atoms with Crippen LogP contribution >= 0.6 is 0 Å². The van der Waals surface area contributed by atoms with Gasteiger partial charge >= 0.3 is 0 Å². The van der Waals surface area contributed by atoms with Crippen LogP contribution in [0.4, 0.5) is 0 Å². The first kappa shape index (κ1) is 23.6. The Morgan fingerprint density at radius 2 is 1.94 bits per heavy atom. The Hall–Kier alpha value is -3.15. The molecule has 5 heteroatoms. The third kappa shape index (κ3) is 4.35. The summed E-state index contributed by atoms with van der Waals surface area (Å²) in [5.41, 5.74) is 1.41. The number of carbonyl (C=O) groups excluding carboxylic acids is 1. The van der Waals surface area contributed by atoms with Gasteiger partial charge < -0.3 is 15.1 Å². The molecule has 0 bridgehead atoms. The second-order valence-corrected chi connectivity index (χ2v) is 10.3. The van der Waals surface area contributed by atoms with Gasteiger partial charge in [-0.05, 0) is 66.4 Å². The number of piperidine rings is 1. The fourth-order valence-electron chi connectivity index (χ4n) is 6.40.